The Kier molecular flexibility index (Phi) is 8.24. The van der Waals surface area contributed by atoms with Gasteiger partial charge in [-0.3, -0.25) is 4.79 Å². The van der Waals surface area contributed by atoms with Gasteiger partial charge < -0.3 is 15.0 Å². The zero-order valence-electron chi connectivity index (χ0n) is 23.1. The molecule has 2 saturated carbocycles. The Labute approximate surface area is 231 Å². The maximum absolute atomic E-state index is 13.3. The van der Waals surface area contributed by atoms with Crippen LogP contribution in [0, 0.1) is 19.8 Å². The van der Waals surface area contributed by atoms with Gasteiger partial charge in [0.2, 0.25) is 11.8 Å². The lowest BCUT2D eigenvalue weighted by Gasteiger charge is -2.32. The molecule has 2 aromatic carbocycles. The quantitative estimate of drug-likeness (QED) is 0.367. The first-order chi connectivity index (χ1) is 18.9. The first-order valence-corrected chi connectivity index (χ1v) is 14.1. The molecule has 1 heterocycles. The monoisotopic (exact) mass is 526 g/mol. The van der Waals surface area contributed by atoms with Gasteiger partial charge in [0, 0.05) is 30.3 Å². The Morgan fingerprint density at radius 1 is 0.974 bits per heavy atom. The largest absolute Gasteiger partial charge is 0.417 e. The van der Waals surface area contributed by atoms with E-state index in [4.69, 9.17) is 4.74 Å². The van der Waals surface area contributed by atoms with E-state index in [0.717, 1.165) is 55.3 Å². The molecule has 7 heteroatoms. The molecule has 0 aliphatic heterocycles. The Morgan fingerprint density at radius 3 is 2.38 bits per heavy atom. The number of hydrogen-bond acceptors (Lipinski definition) is 5. The van der Waals surface area contributed by atoms with Crippen LogP contribution in [0.1, 0.15) is 85.6 Å². The van der Waals surface area contributed by atoms with E-state index < -0.39 is 0 Å². The summed E-state index contributed by atoms with van der Waals surface area (Å²) >= 11 is 0. The molecular formula is C32H38N4O3. The summed E-state index contributed by atoms with van der Waals surface area (Å²) in [4.78, 5) is 36.7. The molecule has 0 saturated heterocycles. The Bertz CT molecular complexity index is 1270. The van der Waals surface area contributed by atoms with Gasteiger partial charge in [0.25, 0.3) is 0 Å². The number of rotatable bonds is 8. The highest BCUT2D eigenvalue weighted by atomic mass is 16.6. The Hall–Kier alpha value is -3.74. The zero-order valence-corrected chi connectivity index (χ0v) is 23.1. The summed E-state index contributed by atoms with van der Waals surface area (Å²) in [7, 11) is 0. The maximum atomic E-state index is 13.3. The van der Waals surface area contributed by atoms with Gasteiger partial charge in [-0.2, -0.15) is 4.98 Å². The SMILES string of the molecule is Cc1cc(OC(=O)N(Cc2ccc([C@H]3CCCC[C@@H]3C(=O)N[C@@H](C)c3ccccc3)cc2)C2CC2)nc(C)n1. The minimum absolute atomic E-state index is 0.0213. The number of carbonyl (C=O) groups is 2. The molecule has 0 radical (unpaired) electrons. The van der Waals surface area contributed by atoms with Crippen molar-refractivity contribution in [2.45, 2.75) is 83.8 Å². The third-order valence-electron chi connectivity index (χ3n) is 7.88. The highest BCUT2D eigenvalue weighted by molar-refractivity contribution is 5.80. The average molecular weight is 527 g/mol. The minimum atomic E-state index is -0.379. The second-order valence-corrected chi connectivity index (χ2v) is 11.0. The van der Waals surface area contributed by atoms with Gasteiger partial charge >= 0.3 is 6.09 Å². The van der Waals surface area contributed by atoms with Gasteiger partial charge in [0.05, 0.1) is 6.04 Å². The predicted molar refractivity (Wildman–Crippen MR) is 150 cm³/mol. The van der Waals surface area contributed by atoms with E-state index in [-0.39, 0.29) is 41.8 Å². The van der Waals surface area contributed by atoms with Gasteiger partial charge in [0.15, 0.2) is 0 Å². The third-order valence-corrected chi connectivity index (χ3v) is 7.88. The predicted octanol–water partition coefficient (Wildman–Crippen LogP) is 6.41. The zero-order chi connectivity index (χ0) is 27.4. The highest BCUT2D eigenvalue weighted by Crippen LogP contribution is 2.39. The second kappa shape index (κ2) is 12.0. The van der Waals surface area contributed by atoms with Crippen molar-refractivity contribution in [2.75, 3.05) is 0 Å². The van der Waals surface area contributed by atoms with Gasteiger partial charge in [0.1, 0.15) is 5.82 Å². The van der Waals surface area contributed by atoms with Crippen LogP contribution in [-0.4, -0.2) is 32.9 Å². The van der Waals surface area contributed by atoms with E-state index in [0.29, 0.717) is 12.4 Å². The van der Waals surface area contributed by atoms with Gasteiger partial charge in [-0.05, 0) is 69.1 Å². The van der Waals surface area contributed by atoms with Crippen molar-refractivity contribution in [2.24, 2.45) is 5.92 Å². The fourth-order valence-corrected chi connectivity index (χ4v) is 5.67. The molecule has 0 bridgehead atoms. The number of hydrogen-bond donors (Lipinski definition) is 1. The molecule has 5 rings (SSSR count). The van der Waals surface area contributed by atoms with Crippen LogP contribution in [0.3, 0.4) is 0 Å². The van der Waals surface area contributed by atoms with E-state index in [1.165, 1.54) is 5.56 Å². The first-order valence-electron chi connectivity index (χ1n) is 14.1. The number of nitrogens with zero attached hydrogens (tertiary/aromatic N) is 3. The van der Waals surface area contributed by atoms with E-state index in [9.17, 15) is 9.59 Å². The van der Waals surface area contributed by atoms with Crippen molar-refractivity contribution in [3.63, 3.8) is 0 Å². The lowest BCUT2D eigenvalue weighted by molar-refractivity contribution is -0.127. The molecule has 2 fully saturated rings. The smallest absolute Gasteiger partial charge is 0.391 e. The van der Waals surface area contributed by atoms with Gasteiger partial charge in [-0.15, -0.1) is 0 Å². The normalized spacial score (nSPS) is 19.7. The number of amides is 2. The van der Waals surface area contributed by atoms with Crippen LogP contribution in [0.5, 0.6) is 5.88 Å². The van der Waals surface area contributed by atoms with Crippen molar-refractivity contribution in [1.82, 2.24) is 20.2 Å². The van der Waals surface area contributed by atoms with Crippen LogP contribution in [0.15, 0.2) is 60.7 Å². The summed E-state index contributed by atoms with van der Waals surface area (Å²) in [6.07, 6.45) is 5.71. The van der Waals surface area contributed by atoms with Crippen molar-refractivity contribution < 1.29 is 14.3 Å². The van der Waals surface area contributed by atoms with Crippen molar-refractivity contribution in [3.05, 3.63) is 88.9 Å². The summed E-state index contributed by atoms with van der Waals surface area (Å²) < 4.78 is 5.63. The Morgan fingerprint density at radius 2 is 1.69 bits per heavy atom. The fraction of sp³-hybridized carbons (Fsp3) is 0.438. The summed E-state index contributed by atoms with van der Waals surface area (Å²) in [5.41, 5.74) is 4.12. The van der Waals surface area contributed by atoms with E-state index in [1.807, 2.05) is 32.0 Å². The van der Waals surface area contributed by atoms with Crippen LogP contribution in [-0.2, 0) is 11.3 Å². The van der Waals surface area contributed by atoms with Crippen molar-refractivity contribution in [3.8, 4) is 5.88 Å². The summed E-state index contributed by atoms with van der Waals surface area (Å²) in [6.45, 7) is 6.17. The lowest BCUT2D eigenvalue weighted by Crippen LogP contribution is -2.37. The van der Waals surface area contributed by atoms with Crippen LogP contribution in [0.25, 0.3) is 0 Å². The lowest BCUT2D eigenvalue weighted by atomic mass is 9.74. The molecule has 2 aliphatic rings. The number of aryl methyl sites for hydroxylation is 2. The van der Waals surface area contributed by atoms with E-state index >= 15 is 0 Å². The molecule has 2 amide bonds. The summed E-state index contributed by atoms with van der Waals surface area (Å²) in [5.74, 6) is 1.17. The molecule has 2 aliphatic carbocycles. The molecule has 39 heavy (non-hydrogen) atoms. The number of ether oxygens (including phenoxy) is 1. The number of benzene rings is 2. The first kappa shape index (κ1) is 26.9. The number of carbonyl (C=O) groups excluding carboxylic acids is 2. The molecule has 204 valence electrons. The molecule has 7 nitrogen and oxygen atoms in total. The standard InChI is InChI=1S/C32H38N4O3/c1-21-19-30(35-23(3)33-21)39-32(38)36(27-17-18-27)20-24-13-15-26(16-14-24)28-11-7-8-12-29(28)31(37)34-22(2)25-9-5-4-6-10-25/h4-6,9-10,13-16,19,22,27-29H,7-8,11-12,17-18,20H2,1-3H3,(H,34,37)/t22-,28+,29-/m0/s1. The molecule has 0 unspecified atom stereocenters. The van der Waals surface area contributed by atoms with Crippen molar-refractivity contribution in [1.29, 1.82) is 0 Å². The summed E-state index contributed by atoms with van der Waals surface area (Å²) in [6, 6.07) is 20.4. The minimum Gasteiger partial charge on any atom is -0.391 e. The molecule has 1 aromatic heterocycles. The van der Waals surface area contributed by atoms with Crippen LogP contribution >= 0.6 is 0 Å². The molecular weight excluding hydrogens is 488 g/mol. The van der Waals surface area contributed by atoms with Gasteiger partial charge in [-0.1, -0.05) is 67.4 Å². The average Bonchev–Trinajstić information content (AvgIpc) is 3.77. The summed E-state index contributed by atoms with van der Waals surface area (Å²) in [5, 5.41) is 3.26. The van der Waals surface area contributed by atoms with E-state index in [1.54, 1.807) is 17.9 Å². The van der Waals surface area contributed by atoms with Gasteiger partial charge in [-0.25, -0.2) is 9.78 Å². The number of aromatic nitrogens is 2. The molecule has 0 spiro atoms. The van der Waals surface area contributed by atoms with Crippen molar-refractivity contribution >= 4 is 12.0 Å². The molecule has 3 atom stereocenters. The fourth-order valence-electron chi connectivity index (χ4n) is 5.67. The Balaban J connectivity index is 1.24. The highest BCUT2D eigenvalue weighted by Gasteiger charge is 2.35. The van der Waals surface area contributed by atoms with Crippen LogP contribution in [0.4, 0.5) is 4.79 Å². The molecule has 3 aromatic rings. The molecule has 1 N–H and O–H groups in total. The second-order valence-electron chi connectivity index (χ2n) is 11.0. The van der Waals surface area contributed by atoms with E-state index in [2.05, 4.69) is 51.7 Å². The topological polar surface area (TPSA) is 84.4 Å². The maximum Gasteiger partial charge on any atom is 0.417 e. The number of nitrogens with one attached hydrogen (secondary N) is 1. The third kappa shape index (κ3) is 6.83. The van der Waals surface area contributed by atoms with Crippen LogP contribution < -0.4 is 10.1 Å². The van der Waals surface area contributed by atoms with Crippen LogP contribution in [0.2, 0.25) is 0 Å².